The van der Waals surface area contributed by atoms with E-state index in [1.54, 1.807) is 55.5 Å². The first-order chi connectivity index (χ1) is 24.0. The molecular formula is C34H29N5O9S2. The van der Waals surface area contributed by atoms with Crippen molar-refractivity contribution in [3.05, 3.63) is 118 Å². The highest BCUT2D eigenvalue weighted by molar-refractivity contribution is 8.00. The van der Waals surface area contributed by atoms with Crippen LogP contribution in [0.2, 0.25) is 0 Å². The molecule has 6 rings (SSSR count). The zero-order valence-electron chi connectivity index (χ0n) is 26.1. The summed E-state index contributed by atoms with van der Waals surface area (Å²) in [6.07, 6.45) is -2.57. The van der Waals surface area contributed by atoms with Crippen LogP contribution in [0.5, 0.6) is 11.5 Å². The maximum Gasteiger partial charge on any atom is 0.355 e. The number of phenolic OH excluding ortho intramolecular Hbond substituents is 2. The van der Waals surface area contributed by atoms with Crippen LogP contribution in [0.1, 0.15) is 41.5 Å². The third-order valence-electron chi connectivity index (χ3n) is 7.83. The highest BCUT2D eigenvalue weighted by Crippen LogP contribution is 2.40. The minimum Gasteiger partial charge on any atom is -0.504 e. The molecule has 0 saturated carbocycles. The Kier molecular flexibility index (Phi) is 9.74. The fraction of sp³-hybridized carbons (Fsp3) is 0.176. The molecule has 3 atom stereocenters. The average molecular weight is 716 g/mol. The number of nitrogens with zero attached hydrogens (tertiary/aromatic N) is 3. The molecule has 0 spiro atoms. The second kappa shape index (κ2) is 14.3. The van der Waals surface area contributed by atoms with Crippen molar-refractivity contribution in [2.45, 2.75) is 30.5 Å². The van der Waals surface area contributed by atoms with Crippen molar-refractivity contribution < 1.29 is 44.1 Å². The molecule has 0 unspecified atom stereocenters. The van der Waals surface area contributed by atoms with E-state index in [0.717, 1.165) is 28.4 Å². The number of carbonyl (C=O) groups excluding carboxylic acids is 3. The number of aromatic nitrogens is 1. The van der Waals surface area contributed by atoms with E-state index < -0.39 is 64.6 Å². The Bertz CT molecular complexity index is 1980. The van der Waals surface area contributed by atoms with Crippen LogP contribution in [0.4, 0.5) is 5.13 Å². The number of aromatic hydroxyl groups is 2. The monoisotopic (exact) mass is 715 g/mol. The van der Waals surface area contributed by atoms with E-state index in [1.807, 2.05) is 12.1 Å². The summed E-state index contributed by atoms with van der Waals surface area (Å²) in [4.78, 5) is 63.6. The van der Waals surface area contributed by atoms with Crippen LogP contribution in [0.25, 0.3) is 0 Å². The molecule has 2 aliphatic rings. The first-order valence-corrected chi connectivity index (χ1v) is 16.9. The number of aliphatic carboxylic acids is 1. The number of β-lactam (4-membered cyclic amide) rings is 1. The summed E-state index contributed by atoms with van der Waals surface area (Å²) >= 11 is 2.29. The summed E-state index contributed by atoms with van der Waals surface area (Å²) in [7, 11) is 0. The van der Waals surface area contributed by atoms with Gasteiger partial charge in [0.15, 0.2) is 28.4 Å². The van der Waals surface area contributed by atoms with Gasteiger partial charge in [-0.1, -0.05) is 71.9 Å². The maximum absolute atomic E-state index is 14.0. The molecule has 2 aliphatic heterocycles. The number of carbonyl (C=O) groups is 4. The number of esters is 1. The number of oxime groups is 1. The van der Waals surface area contributed by atoms with E-state index in [0.29, 0.717) is 22.5 Å². The van der Waals surface area contributed by atoms with E-state index in [4.69, 9.17) is 15.3 Å². The number of carboxylic acid groups (broad SMARTS) is 1. The average Bonchev–Trinajstić information content (AvgIpc) is 3.55. The molecule has 1 saturated heterocycles. The SMILES string of the molecule is CC1=C(C(=O)O)N2C(=O)[C@@H](NC(=O)/C(=N\O[C@H](C(=O)OC(c3ccccc3)c3ccccc3)c3ccc(O)c(O)c3)c3csc(N)n3)[C@H]2SC1. The van der Waals surface area contributed by atoms with Crippen LogP contribution < -0.4 is 11.1 Å². The molecule has 256 valence electrons. The third-order valence-corrected chi connectivity index (χ3v) is 9.93. The highest BCUT2D eigenvalue weighted by atomic mass is 32.2. The third kappa shape index (κ3) is 6.83. The smallest absolute Gasteiger partial charge is 0.355 e. The number of nitrogens with two attached hydrogens (primary N) is 1. The number of benzene rings is 3. The van der Waals surface area contributed by atoms with E-state index in [9.17, 15) is 34.5 Å². The summed E-state index contributed by atoms with van der Waals surface area (Å²) in [5.74, 6) is -4.41. The van der Waals surface area contributed by atoms with Gasteiger partial charge in [-0.25, -0.2) is 14.6 Å². The Labute approximate surface area is 292 Å². The van der Waals surface area contributed by atoms with Gasteiger partial charge < -0.3 is 35.9 Å². The predicted molar refractivity (Wildman–Crippen MR) is 183 cm³/mol. The number of nitrogens with one attached hydrogen (secondary N) is 1. The molecule has 3 heterocycles. The minimum atomic E-state index is -1.68. The minimum absolute atomic E-state index is 0.0262. The lowest BCUT2D eigenvalue weighted by atomic mass is 10.0. The molecule has 50 heavy (non-hydrogen) atoms. The molecule has 0 bridgehead atoms. The van der Waals surface area contributed by atoms with Crippen molar-refractivity contribution in [1.82, 2.24) is 15.2 Å². The molecule has 14 nitrogen and oxygen atoms in total. The number of anilines is 1. The van der Waals surface area contributed by atoms with Gasteiger partial charge >= 0.3 is 11.9 Å². The number of hydrogen-bond donors (Lipinski definition) is 5. The number of ether oxygens (including phenoxy) is 1. The first-order valence-electron chi connectivity index (χ1n) is 15.0. The molecule has 1 fully saturated rings. The van der Waals surface area contributed by atoms with E-state index >= 15 is 0 Å². The molecule has 16 heteroatoms. The Morgan fingerprint density at radius 1 is 1.00 bits per heavy atom. The van der Waals surface area contributed by atoms with Gasteiger partial charge in [-0.2, -0.15) is 0 Å². The summed E-state index contributed by atoms with van der Waals surface area (Å²) in [6.45, 7) is 1.62. The van der Waals surface area contributed by atoms with Crippen LogP contribution in [-0.4, -0.2) is 71.8 Å². The number of amides is 2. The molecule has 4 aromatic rings. The van der Waals surface area contributed by atoms with Crippen LogP contribution >= 0.6 is 23.1 Å². The zero-order chi connectivity index (χ0) is 35.5. The second-order valence-corrected chi connectivity index (χ2v) is 13.2. The number of thiazole rings is 1. The largest absolute Gasteiger partial charge is 0.504 e. The lowest BCUT2D eigenvalue weighted by molar-refractivity contribution is -0.162. The van der Waals surface area contributed by atoms with Crippen molar-refractivity contribution in [3.63, 3.8) is 0 Å². The normalized spacial score (nSPS) is 17.8. The fourth-order valence-electron chi connectivity index (χ4n) is 5.40. The van der Waals surface area contributed by atoms with Crippen molar-refractivity contribution in [3.8, 4) is 11.5 Å². The molecule has 2 amide bonds. The van der Waals surface area contributed by atoms with Crippen LogP contribution in [0.15, 0.2) is 101 Å². The standard InChI is InChI=1S/C34H29N5O9S2/c1-17-15-49-31-25(30(43)39(31)26(17)32(44)45)37-29(42)24(21-16-50-34(35)36-21)38-48-28(20-12-13-22(40)23(41)14-20)33(46)47-27(18-8-4-2-5-9-18)19-10-6-3-7-11-19/h2-14,16,25,27-28,31,40-41H,15H2,1H3,(H2,35,36)(H,37,42)(H,44,45)/b38-24-/t25-,28+,31-/m1/s1. The predicted octanol–water partition coefficient (Wildman–Crippen LogP) is 3.69. The quantitative estimate of drug-likeness (QED) is 0.0495. The highest BCUT2D eigenvalue weighted by Gasteiger charge is 2.54. The van der Waals surface area contributed by atoms with Crippen molar-refractivity contribution in [2.24, 2.45) is 5.16 Å². The van der Waals surface area contributed by atoms with Gasteiger partial charge in [0.25, 0.3) is 11.8 Å². The lowest BCUT2D eigenvalue weighted by Gasteiger charge is -2.49. The Hall–Kier alpha value is -5.87. The molecule has 6 N–H and O–H groups in total. The molecule has 3 aromatic carbocycles. The maximum atomic E-state index is 14.0. The number of thioether (sulfide) groups is 1. The number of hydrogen-bond acceptors (Lipinski definition) is 13. The van der Waals surface area contributed by atoms with Crippen molar-refractivity contribution in [2.75, 3.05) is 11.5 Å². The van der Waals surface area contributed by atoms with Gasteiger partial charge in [0.1, 0.15) is 22.8 Å². The Balaban J connectivity index is 1.32. The zero-order valence-corrected chi connectivity index (χ0v) is 27.8. The number of fused-ring (bicyclic) bond motifs is 1. The van der Waals surface area contributed by atoms with E-state index in [-0.39, 0.29) is 22.1 Å². The summed E-state index contributed by atoms with van der Waals surface area (Å²) in [5, 5.41) is 37.3. The van der Waals surface area contributed by atoms with Gasteiger partial charge in [-0.3, -0.25) is 14.5 Å². The van der Waals surface area contributed by atoms with Gasteiger partial charge in [0, 0.05) is 16.7 Å². The molecule has 0 radical (unpaired) electrons. The van der Waals surface area contributed by atoms with Crippen LogP contribution in [0.3, 0.4) is 0 Å². The van der Waals surface area contributed by atoms with Gasteiger partial charge in [-0.15, -0.1) is 23.1 Å². The number of nitrogen functional groups attached to an aromatic ring is 1. The van der Waals surface area contributed by atoms with Gasteiger partial charge in [-0.05, 0) is 35.8 Å². The number of rotatable bonds is 11. The van der Waals surface area contributed by atoms with Crippen LogP contribution in [0, 0.1) is 0 Å². The number of phenols is 2. The van der Waals surface area contributed by atoms with E-state index in [1.165, 1.54) is 23.2 Å². The molecule has 1 aromatic heterocycles. The van der Waals surface area contributed by atoms with E-state index in [2.05, 4.69) is 15.5 Å². The second-order valence-electron chi connectivity index (χ2n) is 11.2. The van der Waals surface area contributed by atoms with Gasteiger partial charge in [0.2, 0.25) is 6.10 Å². The molecular weight excluding hydrogens is 687 g/mol. The first kappa shape index (κ1) is 34.0. The van der Waals surface area contributed by atoms with Gasteiger partial charge in [0.05, 0.1) is 0 Å². The number of carboxylic acids is 1. The molecule has 0 aliphatic carbocycles. The topological polar surface area (TPSA) is 214 Å². The summed E-state index contributed by atoms with van der Waals surface area (Å²) < 4.78 is 6.00. The fourth-order valence-corrected chi connectivity index (χ4v) is 7.24. The Morgan fingerprint density at radius 3 is 2.24 bits per heavy atom. The lowest BCUT2D eigenvalue weighted by Crippen LogP contribution is -2.71. The summed E-state index contributed by atoms with van der Waals surface area (Å²) in [5.41, 5.74) is 7.08. The van der Waals surface area contributed by atoms with Crippen molar-refractivity contribution in [1.29, 1.82) is 0 Å². The van der Waals surface area contributed by atoms with Crippen LogP contribution in [-0.2, 0) is 28.8 Å². The summed E-state index contributed by atoms with van der Waals surface area (Å²) in [6, 6.07) is 20.4. The van der Waals surface area contributed by atoms with Crippen molar-refractivity contribution >= 4 is 57.7 Å². The Morgan fingerprint density at radius 2 is 1.66 bits per heavy atom.